The molecule has 0 aliphatic carbocycles. The number of ether oxygens (including phenoxy) is 1. The van der Waals surface area contributed by atoms with Crippen LogP contribution in [0.15, 0.2) is 54.7 Å². The van der Waals surface area contributed by atoms with Gasteiger partial charge in [-0.05, 0) is 29.8 Å². The average Bonchev–Trinajstić information content (AvgIpc) is 2.68. The van der Waals surface area contributed by atoms with E-state index in [1.165, 1.54) is 12.3 Å². The number of nitrogens with one attached hydrogen (secondary N) is 1. The molecule has 3 N–H and O–H groups in total. The number of rotatable bonds is 7. The monoisotopic (exact) mass is 406 g/mol. The van der Waals surface area contributed by atoms with Crippen LogP contribution in [0.5, 0.6) is 5.75 Å². The minimum absolute atomic E-state index is 0.0482. The zero-order valence-electron chi connectivity index (χ0n) is 15.2. The van der Waals surface area contributed by atoms with E-state index in [1.54, 1.807) is 0 Å². The van der Waals surface area contributed by atoms with Gasteiger partial charge in [-0.15, -0.1) is 0 Å². The molecule has 0 bridgehead atoms. The van der Waals surface area contributed by atoms with Gasteiger partial charge < -0.3 is 15.8 Å². The normalized spacial score (nSPS) is 11.3. The van der Waals surface area contributed by atoms with Gasteiger partial charge in [0, 0.05) is 18.2 Å². The second-order valence-corrected chi connectivity index (χ2v) is 6.18. The van der Waals surface area contributed by atoms with E-state index in [-0.39, 0.29) is 23.8 Å². The molecule has 0 aliphatic rings. The van der Waals surface area contributed by atoms with E-state index < -0.39 is 17.6 Å². The van der Waals surface area contributed by atoms with Crippen molar-refractivity contribution in [3.05, 3.63) is 77.2 Å². The number of nitrogens with two attached hydrogens (primary N) is 1. The Hall–Kier alpha value is -3.36. The lowest BCUT2D eigenvalue weighted by Gasteiger charge is -2.12. The Morgan fingerprint density at radius 2 is 1.83 bits per heavy atom. The molecule has 0 spiro atoms. The molecule has 9 heteroatoms. The third-order valence-corrected chi connectivity index (χ3v) is 4.03. The molecule has 0 unspecified atom stereocenters. The zero-order valence-corrected chi connectivity index (χ0v) is 15.2. The van der Waals surface area contributed by atoms with Crippen molar-refractivity contribution in [1.82, 2.24) is 9.97 Å². The molecule has 0 saturated carbocycles. The predicted octanol–water partition coefficient (Wildman–Crippen LogP) is 4.30. The number of hydrogen-bond acceptors (Lipinski definition) is 5. The van der Waals surface area contributed by atoms with Gasteiger partial charge in [0.15, 0.2) is 0 Å². The lowest BCUT2D eigenvalue weighted by atomic mass is 10.0. The summed E-state index contributed by atoms with van der Waals surface area (Å²) >= 11 is 0. The number of aromatic nitrogens is 2. The maximum absolute atomic E-state index is 13.4. The van der Waals surface area contributed by atoms with Crippen molar-refractivity contribution < 1.29 is 22.3 Å². The van der Waals surface area contributed by atoms with Crippen LogP contribution >= 0.6 is 0 Å². The van der Waals surface area contributed by atoms with E-state index in [0.717, 1.165) is 17.9 Å². The van der Waals surface area contributed by atoms with Gasteiger partial charge in [0.05, 0.1) is 12.1 Å². The molecule has 29 heavy (non-hydrogen) atoms. The van der Waals surface area contributed by atoms with Crippen molar-refractivity contribution in [3.8, 4) is 5.75 Å². The minimum Gasteiger partial charge on any atom is -0.492 e. The van der Waals surface area contributed by atoms with Gasteiger partial charge in [-0.3, -0.25) is 0 Å². The molecule has 0 atom stereocenters. The molecule has 3 rings (SSSR count). The van der Waals surface area contributed by atoms with Crippen LogP contribution in [0.25, 0.3) is 0 Å². The third-order valence-electron chi connectivity index (χ3n) is 4.03. The molecule has 0 radical (unpaired) electrons. The fourth-order valence-corrected chi connectivity index (χ4v) is 2.61. The van der Waals surface area contributed by atoms with E-state index in [4.69, 9.17) is 10.5 Å². The van der Waals surface area contributed by atoms with Gasteiger partial charge in [-0.25, -0.2) is 9.37 Å². The standard InChI is InChI=1S/C20H18F4N4O/c21-17-7-6-13(11-16(17)20(22,23)24)10-14-12-27-19(28-18(14)25)26-8-9-29-15-4-2-1-3-5-15/h1-7,11-12H,8-10H2,(H3,25,26,27,28). The SMILES string of the molecule is Nc1nc(NCCOc2ccccc2)ncc1Cc1ccc(F)c(C(F)(F)F)c1. The Morgan fingerprint density at radius 3 is 2.52 bits per heavy atom. The first kappa shape index (κ1) is 20.4. The number of alkyl halides is 3. The summed E-state index contributed by atoms with van der Waals surface area (Å²) in [5.74, 6) is -0.173. The predicted molar refractivity (Wildman–Crippen MR) is 101 cm³/mol. The van der Waals surface area contributed by atoms with Crippen molar-refractivity contribution in [2.45, 2.75) is 12.6 Å². The van der Waals surface area contributed by atoms with Crippen molar-refractivity contribution in [2.24, 2.45) is 0 Å². The largest absolute Gasteiger partial charge is 0.492 e. The van der Waals surface area contributed by atoms with Gasteiger partial charge in [0.25, 0.3) is 0 Å². The van der Waals surface area contributed by atoms with Crippen LogP contribution in [-0.4, -0.2) is 23.1 Å². The van der Waals surface area contributed by atoms with Crippen LogP contribution in [0.1, 0.15) is 16.7 Å². The number of anilines is 2. The lowest BCUT2D eigenvalue weighted by molar-refractivity contribution is -0.140. The summed E-state index contributed by atoms with van der Waals surface area (Å²) in [5.41, 5.74) is 5.28. The molecule has 5 nitrogen and oxygen atoms in total. The van der Waals surface area contributed by atoms with Crippen LogP contribution in [0, 0.1) is 5.82 Å². The molecule has 0 amide bonds. The first-order chi connectivity index (χ1) is 13.8. The van der Waals surface area contributed by atoms with Gasteiger partial charge >= 0.3 is 6.18 Å². The smallest absolute Gasteiger partial charge is 0.419 e. The molecule has 2 aromatic carbocycles. The van der Waals surface area contributed by atoms with E-state index in [9.17, 15) is 17.6 Å². The van der Waals surface area contributed by atoms with E-state index >= 15 is 0 Å². The highest BCUT2D eigenvalue weighted by molar-refractivity contribution is 5.45. The molecular formula is C20H18F4N4O. The Kier molecular flexibility index (Phi) is 6.16. The lowest BCUT2D eigenvalue weighted by Crippen LogP contribution is -2.14. The van der Waals surface area contributed by atoms with E-state index in [1.807, 2.05) is 30.3 Å². The molecule has 0 saturated heterocycles. The third kappa shape index (κ3) is 5.56. The van der Waals surface area contributed by atoms with Crippen LogP contribution in [0.2, 0.25) is 0 Å². The van der Waals surface area contributed by atoms with Crippen molar-refractivity contribution in [3.63, 3.8) is 0 Å². The van der Waals surface area contributed by atoms with Gasteiger partial charge in [-0.2, -0.15) is 18.2 Å². The van der Waals surface area contributed by atoms with Crippen molar-refractivity contribution in [2.75, 3.05) is 24.2 Å². The number of hydrogen-bond donors (Lipinski definition) is 2. The molecular weight excluding hydrogens is 388 g/mol. The molecule has 1 aromatic heterocycles. The molecule has 1 heterocycles. The van der Waals surface area contributed by atoms with E-state index in [0.29, 0.717) is 18.7 Å². The summed E-state index contributed by atoms with van der Waals surface area (Å²) < 4.78 is 57.5. The summed E-state index contributed by atoms with van der Waals surface area (Å²) in [6, 6.07) is 12.1. The highest BCUT2D eigenvalue weighted by Crippen LogP contribution is 2.32. The summed E-state index contributed by atoms with van der Waals surface area (Å²) in [4.78, 5) is 8.22. The van der Waals surface area contributed by atoms with Gasteiger partial charge in [0.2, 0.25) is 5.95 Å². The Bertz CT molecular complexity index is 964. The Labute approximate surface area is 164 Å². The topological polar surface area (TPSA) is 73.1 Å². The van der Waals surface area contributed by atoms with Gasteiger partial charge in [0.1, 0.15) is 24.0 Å². The minimum atomic E-state index is -4.77. The quantitative estimate of drug-likeness (QED) is 0.452. The summed E-state index contributed by atoms with van der Waals surface area (Å²) in [5, 5.41) is 2.96. The number of nitrogen functional groups attached to an aromatic ring is 1. The number of nitrogens with zero attached hydrogens (tertiary/aromatic N) is 2. The highest BCUT2D eigenvalue weighted by atomic mass is 19.4. The fourth-order valence-electron chi connectivity index (χ4n) is 2.61. The second-order valence-electron chi connectivity index (χ2n) is 6.18. The van der Waals surface area contributed by atoms with Gasteiger partial charge in [-0.1, -0.05) is 24.3 Å². The summed E-state index contributed by atoms with van der Waals surface area (Å²) in [6.07, 6.45) is -3.29. The average molecular weight is 406 g/mol. The molecule has 0 fully saturated rings. The van der Waals surface area contributed by atoms with Crippen LogP contribution in [0.3, 0.4) is 0 Å². The van der Waals surface area contributed by atoms with Crippen LogP contribution in [0.4, 0.5) is 29.3 Å². The first-order valence-corrected chi connectivity index (χ1v) is 8.71. The molecule has 152 valence electrons. The van der Waals surface area contributed by atoms with Crippen LogP contribution < -0.4 is 15.8 Å². The maximum Gasteiger partial charge on any atom is 0.419 e. The van der Waals surface area contributed by atoms with E-state index in [2.05, 4.69) is 15.3 Å². The second kappa shape index (κ2) is 8.76. The van der Waals surface area contributed by atoms with Crippen LogP contribution in [-0.2, 0) is 12.6 Å². The summed E-state index contributed by atoms with van der Waals surface area (Å²) in [7, 11) is 0. The highest BCUT2D eigenvalue weighted by Gasteiger charge is 2.34. The number of para-hydroxylation sites is 1. The zero-order chi connectivity index (χ0) is 20.9. The molecule has 0 aliphatic heterocycles. The van der Waals surface area contributed by atoms with Crippen molar-refractivity contribution in [1.29, 1.82) is 0 Å². The Balaban J connectivity index is 1.60. The van der Waals surface area contributed by atoms with Crippen molar-refractivity contribution >= 4 is 11.8 Å². The summed E-state index contributed by atoms with van der Waals surface area (Å²) in [6.45, 7) is 0.811. The number of benzene rings is 2. The first-order valence-electron chi connectivity index (χ1n) is 8.71. The molecule has 3 aromatic rings. The maximum atomic E-state index is 13.4. The Morgan fingerprint density at radius 1 is 1.07 bits per heavy atom. The number of halogens is 4. The fraction of sp³-hybridized carbons (Fsp3) is 0.200.